The highest BCUT2D eigenvalue weighted by molar-refractivity contribution is 7.18. The van der Waals surface area contributed by atoms with Gasteiger partial charge in [-0.15, -0.1) is 11.3 Å². The highest BCUT2D eigenvalue weighted by atomic mass is 32.1. The maximum Gasteiger partial charge on any atom is 0.253 e. The van der Waals surface area contributed by atoms with E-state index in [1.54, 1.807) is 11.3 Å². The van der Waals surface area contributed by atoms with Crippen molar-refractivity contribution in [1.29, 1.82) is 0 Å². The van der Waals surface area contributed by atoms with Gasteiger partial charge in [-0.2, -0.15) is 0 Å². The van der Waals surface area contributed by atoms with Gasteiger partial charge in [0.1, 0.15) is 5.01 Å². The summed E-state index contributed by atoms with van der Waals surface area (Å²) in [5.41, 5.74) is 2.94. The second-order valence-electron chi connectivity index (χ2n) is 7.08. The van der Waals surface area contributed by atoms with Crippen LogP contribution >= 0.6 is 11.3 Å². The fourth-order valence-electron chi connectivity index (χ4n) is 3.37. The number of carbonyl (C=O) groups excluding carboxylic acids is 1. The van der Waals surface area contributed by atoms with E-state index >= 15 is 0 Å². The molecule has 27 heavy (non-hydrogen) atoms. The SMILES string of the molecule is CN(C)c1ccc(C(=O)N2CCN(Cc3nc4ccccc4s3)CC2)cc1. The third-order valence-corrected chi connectivity index (χ3v) is 6.01. The first-order valence-electron chi connectivity index (χ1n) is 9.23. The van der Waals surface area contributed by atoms with Crippen molar-refractivity contribution in [3.05, 3.63) is 59.1 Å². The van der Waals surface area contributed by atoms with E-state index in [2.05, 4.69) is 23.1 Å². The molecule has 140 valence electrons. The van der Waals surface area contributed by atoms with Crippen LogP contribution in [0.2, 0.25) is 0 Å². The van der Waals surface area contributed by atoms with Crippen LogP contribution in [-0.4, -0.2) is 61.0 Å². The number of hydrogen-bond donors (Lipinski definition) is 0. The number of piperazine rings is 1. The normalized spacial score (nSPS) is 15.3. The van der Waals surface area contributed by atoms with Gasteiger partial charge in [-0.1, -0.05) is 12.1 Å². The lowest BCUT2D eigenvalue weighted by Gasteiger charge is -2.34. The molecule has 2 aromatic carbocycles. The minimum atomic E-state index is 0.125. The quantitative estimate of drug-likeness (QED) is 0.696. The minimum absolute atomic E-state index is 0.125. The number of benzene rings is 2. The van der Waals surface area contributed by atoms with Crippen LogP contribution in [0.1, 0.15) is 15.4 Å². The zero-order valence-electron chi connectivity index (χ0n) is 15.8. The van der Waals surface area contributed by atoms with Crippen LogP contribution in [0.4, 0.5) is 5.69 Å². The molecular formula is C21H24N4OS. The topological polar surface area (TPSA) is 39.7 Å². The standard InChI is InChI=1S/C21H24N4OS/c1-23(2)17-9-7-16(8-10-17)21(26)25-13-11-24(12-14-25)15-20-22-18-5-3-4-6-19(18)27-20/h3-10H,11-15H2,1-2H3. The number of hydrogen-bond acceptors (Lipinski definition) is 5. The Bertz CT molecular complexity index is 894. The molecule has 1 aliphatic rings. The van der Waals surface area contributed by atoms with Gasteiger partial charge in [0.05, 0.1) is 16.8 Å². The molecule has 0 N–H and O–H groups in total. The molecule has 3 aromatic rings. The second-order valence-corrected chi connectivity index (χ2v) is 8.20. The number of fused-ring (bicyclic) bond motifs is 1. The van der Waals surface area contributed by atoms with E-state index in [4.69, 9.17) is 4.98 Å². The van der Waals surface area contributed by atoms with E-state index in [-0.39, 0.29) is 5.91 Å². The van der Waals surface area contributed by atoms with E-state index < -0.39 is 0 Å². The lowest BCUT2D eigenvalue weighted by molar-refractivity contribution is 0.0628. The van der Waals surface area contributed by atoms with Crippen molar-refractivity contribution in [3.8, 4) is 0 Å². The van der Waals surface area contributed by atoms with Gasteiger partial charge < -0.3 is 9.80 Å². The Hall–Kier alpha value is -2.44. The van der Waals surface area contributed by atoms with Crippen molar-refractivity contribution in [1.82, 2.24) is 14.8 Å². The third-order valence-electron chi connectivity index (χ3n) is 4.99. The Morgan fingerprint density at radius 2 is 1.74 bits per heavy atom. The molecule has 0 bridgehead atoms. The highest BCUT2D eigenvalue weighted by Crippen LogP contribution is 2.23. The summed E-state index contributed by atoms with van der Waals surface area (Å²) in [6, 6.07) is 16.1. The van der Waals surface area contributed by atoms with Crippen molar-refractivity contribution in [3.63, 3.8) is 0 Å². The molecule has 1 fully saturated rings. The number of nitrogens with zero attached hydrogens (tertiary/aromatic N) is 4. The van der Waals surface area contributed by atoms with Crippen LogP contribution in [0.3, 0.4) is 0 Å². The van der Waals surface area contributed by atoms with Gasteiger partial charge in [0, 0.05) is 51.5 Å². The number of amides is 1. The summed E-state index contributed by atoms with van der Waals surface area (Å²) in [4.78, 5) is 23.9. The van der Waals surface area contributed by atoms with Crippen LogP contribution in [0.15, 0.2) is 48.5 Å². The van der Waals surface area contributed by atoms with Gasteiger partial charge in [-0.25, -0.2) is 4.98 Å². The Morgan fingerprint density at radius 3 is 2.41 bits per heavy atom. The molecule has 4 rings (SSSR count). The molecule has 0 unspecified atom stereocenters. The van der Waals surface area contributed by atoms with Crippen molar-refractivity contribution in [2.75, 3.05) is 45.2 Å². The van der Waals surface area contributed by atoms with Gasteiger partial charge in [0.2, 0.25) is 0 Å². The van der Waals surface area contributed by atoms with Gasteiger partial charge in [0.15, 0.2) is 0 Å². The summed E-state index contributed by atoms with van der Waals surface area (Å²) < 4.78 is 1.24. The van der Waals surface area contributed by atoms with Crippen molar-refractivity contribution in [2.45, 2.75) is 6.54 Å². The molecular weight excluding hydrogens is 356 g/mol. The van der Waals surface area contributed by atoms with E-state index in [9.17, 15) is 4.79 Å². The Balaban J connectivity index is 1.34. The molecule has 6 heteroatoms. The zero-order chi connectivity index (χ0) is 18.8. The van der Waals surface area contributed by atoms with Crippen molar-refractivity contribution >= 4 is 33.1 Å². The maximum absolute atomic E-state index is 12.7. The van der Waals surface area contributed by atoms with Crippen LogP contribution in [-0.2, 0) is 6.54 Å². The average Bonchev–Trinajstić information content (AvgIpc) is 3.10. The molecule has 1 amide bonds. The van der Waals surface area contributed by atoms with Crippen LogP contribution in [0, 0.1) is 0 Å². The molecule has 0 saturated carbocycles. The summed E-state index contributed by atoms with van der Waals surface area (Å²) in [6.45, 7) is 4.16. The molecule has 0 aliphatic carbocycles. The lowest BCUT2D eigenvalue weighted by atomic mass is 10.1. The van der Waals surface area contributed by atoms with Gasteiger partial charge in [-0.05, 0) is 36.4 Å². The number of thiazole rings is 1. The lowest BCUT2D eigenvalue weighted by Crippen LogP contribution is -2.48. The number of aromatic nitrogens is 1. The van der Waals surface area contributed by atoms with Gasteiger partial charge in [0.25, 0.3) is 5.91 Å². The Kier molecular flexibility index (Phi) is 5.09. The third kappa shape index (κ3) is 3.96. The van der Waals surface area contributed by atoms with E-state index in [0.717, 1.165) is 54.5 Å². The predicted octanol–water partition coefficient (Wildman–Crippen LogP) is 3.32. The predicted molar refractivity (Wildman–Crippen MR) is 112 cm³/mol. The van der Waals surface area contributed by atoms with Crippen molar-refractivity contribution < 1.29 is 4.79 Å². The summed E-state index contributed by atoms with van der Waals surface area (Å²) in [7, 11) is 4.00. The molecule has 0 radical (unpaired) electrons. The largest absolute Gasteiger partial charge is 0.378 e. The number of anilines is 1. The van der Waals surface area contributed by atoms with Crippen molar-refractivity contribution in [2.24, 2.45) is 0 Å². The minimum Gasteiger partial charge on any atom is -0.378 e. The summed E-state index contributed by atoms with van der Waals surface area (Å²) in [5, 5.41) is 1.15. The second kappa shape index (κ2) is 7.66. The van der Waals surface area contributed by atoms with Crippen LogP contribution < -0.4 is 4.90 Å². The molecule has 0 spiro atoms. The van der Waals surface area contributed by atoms with Crippen LogP contribution in [0.25, 0.3) is 10.2 Å². The zero-order valence-corrected chi connectivity index (χ0v) is 16.6. The highest BCUT2D eigenvalue weighted by Gasteiger charge is 2.22. The van der Waals surface area contributed by atoms with Gasteiger partial charge >= 0.3 is 0 Å². The van der Waals surface area contributed by atoms with E-state index in [1.165, 1.54) is 4.70 Å². The molecule has 5 nitrogen and oxygen atoms in total. The first-order valence-corrected chi connectivity index (χ1v) is 10.1. The molecule has 1 aromatic heterocycles. The molecule has 1 saturated heterocycles. The summed E-state index contributed by atoms with van der Waals surface area (Å²) >= 11 is 1.76. The monoisotopic (exact) mass is 380 g/mol. The van der Waals surface area contributed by atoms with Crippen LogP contribution in [0.5, 0.6) is 0 Å². The number of rotatable bonds is 4. The molecule has 2 heterocycles. The molecule has 1 aliphatic heterocycles. The fourth-order valence-corrected chi connectivity index (χ4v) is 4.38. The Morgan fingerprint density at radius 1 is 1.04 bits per heavy atom. The Labute approximate surface area is 163 Å². The fraction of sp³-hybridized carbons (Fsp3) is 0.333. The number of carbonyl (C=O) groups is 1. The van der Waals surface area contributed by atoms with E-state index in [0.29, 0.717) is 0 Å². The summed E-state index contributed by atoms with van der Waals surface area (Å²) in [6.07, 6.45) is 0. The number of para-hydroxylation sites is 1. The first kappa shape index (κ1) is 17.9. The smallest absolute Gasteiger partial charge is 0.253 e. The summed E-state index contributed by atoms with van der Waals surface area (Å²) in [5.74, 6) is 0.125. The maximum atomic E-state index is 12.7. The average molecular weight is 381 g/mol. The van der Waals surface area contributed by atoms with E-state index in [1.807, 2.05) is 54.2 Å². The van der Waals surface area contributed by atoms with Gasteiger partial charge in [-0.3, -0.25) is 9.69 Å². The molecule has 0 atom stereocenters. The first-order chi connectivity index (χ1) is 13.1.